The Morgan fingerprint density at radius 2 is 1.64 bits per heavy atom. The van der Waals surface area contributed by atoms with Gasteiger partial charge in [-0.3, -0.25) is 0 Å². The molecule has 2 saturated carbocycles. The smallest absolute Gasteiger partial charge is 0.0324 e. The Hall–Kier alpha value is 0. The predicted octanol–water partition coefficient (Wildman–Crippen LogP) is 4.45. The van der Waals surface area contributed by atoms with Crippen LogP contribution in [-0.4, -0.2) is 0 Å². The fourth-order valence-electron chi connectivity index (χ4n) is 3.63. The molecule has 0 aromatic rings. The summed E-state index contributed by atoms with van der Waals surface area (Å²) in [7, 11) is 0. The molecule has 0 saturated heterocycles. The molecule has 0 bridgehead atoms. The van der Waals surface area contributed by atoms with Crippen LogP contribution in [0.25, 0.3) is 0 Å². The van der Waals surface area contributed by atoms with Gasteiger partial charge in [-0.05, 0) is 42.9 Å². The quantitative estimate of drug-likeness (QED) is 0.577. The lowest BCUT2D eigenvalue weighted by Crippen LogP contribution is -2.29. The second kappa shape index (κ2) is 4.68. The van der Waals surface area contributed by atoms with Gasteiger partial charge in [0.25, 0.3) is 0 Å². The Morgan fingerprint density at radius 1 is 0.857 bits per heavy atom. The maximum Gasteiger partial charge on any atom is -0.0324 e. The highest BCUT2D eigenvalue weighted by Crippen LogP contribution is 2.42. The van der Waals surface area contributed by atoms with Crippen molar-refractivity contribution in [2.45, 2.75) is 58.8 Å². The zero-order valence-corrected chi connectivity index (χ0v) is 9.84. The first kappa shape index (κ1) is 10.5. The Kier molecular flexibility index (Phi) is 3.52. The van der Waals surface area contributed by atoms with Crippen LogP contribution in [-0.2, 0) is 0 Å². The molecule has 81 valence electrons. The van der Waals surface area contributed by atoms with Gasteiger partial charge in [-0.25, -0.2) is 0 Å². The average molecular weight is 193 g/mol. The van der Waals surface area contributed by atoms with Crippen molar-refractivity contribution in [3.05, 3.63) is 6.42 Å². The Morgan fingerprint density at radius 3 is 2.36 bits per heavy atom. The number of rotatable bonds is 1. The summed E-state index contributed by atoms with van der Waals surface area (Å²) < 4.78 is 0. The van der Waals surface area contributed by atoms with E-state index >= 15 is 0 Å². The molecule has 0 aliphatic heterocycles. The van der Waals surface area contributed by atoms with Crippen LogP contribution in [0.15, 0.2) is 0 Å². The van der Waals surface area contributed by atoms with Crippen molar-refractivity contribution in [2.24, 2.45) is 23.7 Å². The van der Waals surface area contributed by atoms with Crippen LogP contribution in [0.4, 0.5) is 0 Å². The van der Waals surface area contributed by atoms with E-state index in [-0.39, 0.29) is 0 Å². The Balaban J connectivity index is 1.91. The van der Waals surface area contributed by atoms with E-state index in [0.29, 0.717) is 0 Å². The van der Waals surface area contributed by atoms with Gasteiger partial charge in [0.05, 0.1) is 0 Å². The van der Waals surface area contributed by atoms with Crippen LogP contribution < -0.4 is 0 Å². The molecule has 0 heteroatoms. The van der Waals surface area contributed by atoms with Gasteiger partial charge in [-0.2, -0.15) is 0 Å². The van der Waals surface area contributed by atoms with E-state index in [2.05, 4.69) is 20.3 Å². The van der Waals surface area contributed by atoms with Gasteiger partial charge < -0.3 is 0 Å². The van der Waals surface area contributed by atoms with E-state index < -0.39 is 0 Å². The van der Waals surface area contributed by atoms with E-state index in [0.717, 1.165) is 23.7 Å². The Labute approximate surface area is 89.5 Å². The summed E-state index contributed by atoms with van der Waals surface area (Å²) in [6, 6.07) is 0. The molecule has 0 aromatic heterocycles. The monoisotopic (exact) mass is 193 g/mol. The third-order valence-electron chi connectivity index (χ3n) is 4.50. The van der Waals surface area contributed by atoms with E-state index in [1.54, 1.807) is 0 Å². The maximum atomic E-state index is 2.68. The van der Waals surface area contributed by atoms with Gasteiger partial charge in [0.1, 0.15) is 0 Å². The van der Waals surface area contributed by atoms with Crippen molar-refractivity contribution in [3.8, 4) is 0 Å². The lowest BCUT2D eigenvalue weighted by molar-refractivity contribution is 0.160. The van der Waals surface area contributed by atoms with Gasteiger partial charge in [0, 0.05) is 0 Å². The highest BCUT2D eigenvalue weighted by Gasteiger charge is 2.31. The van der Waals surface area contributed by atoms with E-state index in [9.17, 15) is 0 Å². The fraction of sp³-hybridized carbons (Fsp3) is 0.929. The molecule has 14 heavy (non-hydrogen) atoms. The van der Waals surface area contributed by atoms with Gasteiger partial charge in [0.15, 0.2) is 0 Å². The minimum absolute atomic E-state index is 0.892. The third kappa shape index (κ3) is 2.32. The second-order valence-electron chi connectivity index (χ2n) is 5.69. The highest BCUT2D eigenvalue weighted by atomic mass is 14.4. The van der Waals surface area contributed by atoms with Crippen LogP contribution in [0.2, 0.25) is 0 Å². The first-order valence-electron chi connectivity index (χ1n) is 6.62. The molecule has 2 aliphatic carbocycles. The molecule has 0 aromatic carbocycles. The standard InChI is InChI=1S/C14H25/c1-11-6-5-8-13(10-11)14-9-4-3-7-12(14)2/h10-14H,3-9H2,1-2H3. The predicted molar refractivity (Wildman–Crippen MR) is 61.9 cm³/mol. The first-order chi connectivity index (χ1) is 6.77. The topological polar surface area (TPSA) is 0 Å². The summed E-state index contributed by atoms with van der Waals surface area (Å²) in [4.78, 5) is 0. The Bertz CT molecular complexity index is 173. The van der Waals surface area contributed by atoms with Crippen LogP contribution in [0, 0.1) is 30.1 Å². The summed E-state index contributed by atoms with van der Waals surface area (Å²) >= 11 is 0. The molecule has 0 N–H and O–H groups in total. The summed E-state index contributed by atoms with van der Waals surface area (Å²) in [6.45, 7) is 4.89. The van der Waals surface area contributed by atoms with Crippen molar-refractivity contribution in [1.82, 2.24) is 0 Å². The van der Waals surface area contributed by atoms with Crippen molar-refractivity contribution < 1.29 is 0 Å². The summed E-state index contributed by atoms with van der Waals surface area (Å²) in [5, 5.41) is 0. The minimum atomic E-state index is 0.892. The van der Waals surface area contributed by atoms with E-state index in [4.69, 9.17) is 0 Å². The van der Waals surface area contributed by atoms with Crippen molar-refractivity contribution >= 4 is 0 Å². The molecule has 0 spiro atoms. The molecular weight excluding hydrogens is 168 g/mol. The third-order valence-corrected chi connectivity index (χ3v) is 4.50. The maximum absolute atomic E-state index is 2.68. The van der Waals surface area contributed by atoms with E-state index in [1.165, 1.54) is 44.9 Å². The van der Waals surface area contributed by atoms with Gasteiger partial charge in [-0.15, -0.1) is 0 Å². The van der Waals surface area contributed by atoms with Gasteiger partial charge in [-0.1, -0.05) is 46.0 Å². The molecule has 0 heterocycles. The van der Waals surface area contributed by atoms with Crippen molar-refractivity contribution in [2.75, 3.05) is 0 Å². The summed E-state index contributed by atoms with van der Waals surface area (Å²) in [6.07, 6.45) is 13.1. The highest BCUT2D eigenvalue weighted by molar-refractivity contribution is 4.92. The van der Waals surface area contributed by atoms with Crippen LogP contribution >= 0.6 is 0 Å². The summed E-state index contributed by atoms with van der Waals surface area (Å²) in [5.41, 5.74) is 0. The molecule has 2 aliphatic rings. The zero-order valence-electron chi connectivity index (χ0n) is 9.84. The molecule has 4 atom stereocenters. The second-order valence-corrected chi connectivity index (χ2v) is 5.69. The summed E-state index contributed by atoms with van der Waals surface area (Å²) in [5.74, 6) is 3.89. The molecule has 1 radical (unpaired) electrons. The van der Waals surface area contributed by atoms with Crippen molar-refractivity contribution in [1.29, 1.82) is 0 Å². The van der Waals surface area contributed by atoms with Gasteiger partial charge in [0.2, 0.25) is 0 Å². The largest absolute Gasteiger partial charge is 0.0622 e. The van der Waals surface area contributed by atoms with Crippen LogP contribution in [0.3, 0.4) is 0 Å². The number of hydrogen-bond donors (Lipinski definition) is 0. The molecule has 4 unspecified atom stereocenters. The molecule has 0 nitrogen and oxygen atoms in total. The van der Waals surface area contributed by atoms with Crippen LogP contribution in [0.1, 0.15) is 58.8 Å². The molecule has 2 rings (SSSR count). The molecule has 2 fully saturated rings. The normalized spacial score (nSPS) is 45.0. The first-order valence-corrected chi connectivity index (χ1v) is 6.62. The molecular formula is C14H25. The van der Waals surface area contributed by atoms with Crippen LogP contribution in [0.5, 0.6) is 0 Å². The number of hydrogen-bond acceptors (Lipinski definition) is 0. The van der Waals surface area contributed by atoms with Crippen molar-refractivity contribution in [3.63, 3.8) is 0 Å². The lowest BCUT2D eigenvalue weighted by Gasteiger charge is -2.39. The SMILES string of the molecule is CC1[CH]C(C2CCCCC2C)CCC1. The fourth-order valence-corrected chi connectivity index (χ4v) is 3.63. The zero-order chi connectivity index (χ0) is 9.97. The van der Waals surface area contributed by atoms with Gasteiger partial charge >= 0.3 is 0 Å². The lowest BCUT2D eigenvalue weighted by atomic mass is 9.67. The van der Waals surface area contributed by atoms with E-state index in [1.807, 2.05) is 0 Å². The molecule has 0 amide bonds. The minimum Gasteiger partial charge on any atom is -0.0622 e. The average Bonchev–Trinajstić information content (AvgIpc) is 2.18.